The van der Waals surface area contributed by atoms with Crippen molar-refractivity contribution in [1.82, 2.24) is 10.2 Å². The fraction of sp³-hybridized carbons (Fsp3) is 0.625. The third kappa shape index (κ3) is 3.16. The predicted molar refractivity (Wildman–Crippen MR) is 82.8 cm³/mol. The van der Waals surface area contributed by atoms with Gasteiger partial charge in [0.05, 0.1) is 0 Å². The van der Waals surface area contributed by atoms with E-state index < -0.39 is 0 Å². The Labute approximate surface area is 126 Å². The van der Waals surface area contributed by atoms with Crippen molar-refractivity contribution in [2.24, 2.45) is 5.41 Å². The molecule has 1 aromatic rings. The van der Waals surface area contributed by atoms with Gasteiger partial charge in [-0.3, -0.25) is 4.90 Å². The first kappa shape index (κ1) is 15.7. The summed E-state index contributed by atoms with van der Waals surface area (Å²) in [5.41, 5.74) is 1.24. The lowest BCUT2D eigenvalue weighted by Crippen LogP contribution is -2.48. The van der Waals surface area contributed by atoms with Gasteiger partial charge in [0.1, 0.15) is 5.82 Å². The highest BCUT2D eigenvalue weighted by Gasteiger charge is 2.36. The number of rotatable bonds is 2. The number of hydrogen-bond donors (Lipinski definition) is 1. The summed E-state index contributed by atoms with van der Waals surface area (Å²) in [4.78, 5) is 2.35. The predicted octanol–water partition coefficient (Wildman–Crippen LogP) is 3.78. The van der Waals surface area contributed by atoms with Crippen molar-refractivity contribution in [2.75, 3.05) is 26.2 Å². The highest BCUT2D eigenvalue weighted by molar-refractivity contribution is 6.31. The van der Waals surface area contributed by atoms with Crippen LogP contribution in [0.1, 0.15) is 37.9 Å². The van der Waals surface area contributed by atoms with Crippen LogP contribution in [0.4, 0.5) is 4.39 Å². The molecule has 1 fully saturated rings. The van der Waals surface area contributed by atoms with Crippen molar-refractivity contribution < 1.29 is 4.39 Å². The highest BCUT2D eigenvalue weighted by atomic mass is 35.5. The van der Waals surface area contributed by atoms with Crippen molar-refractivity contribution in [1.29, 1.82) is 0 Å². The average molecular weight is 299 g/mol. The number of hydrogen-bond acceptors (Lipinski definition) is 2. The smallest absolute Gasteiger partial charge is 0.132 e. The first-order valence-electron chi connectivity index (χ1n) is 7.21. The lowest BCUT2D eigenvalue weighted by atomic mass is 9.80. The van der Waals surface area contributed by atoms with Gasteiger partial charge in [-0.05, 0) is 24.0 Å². The second-order valence-electron chi connectivity index (χ2n) is 6.65. The third-order valence-corrected chi connectivity index (χ3v) is 4.26. The Balaban J connectivity index is 2.49. The van der Waals surface area contributed by atoms with Crippen LogP contribution < -0.4 is 5.32 Å². The van der Waals surface area contributed by atoms with E-state index in [4.69, 9.17) is 11.6 Å². The highest BCUT2D eigenvalue weighted by Crippen LogP contribution is 2.42. The molecule has 1 N–H and O–H groups in total. The van der Waals surface area contributed by atoms with E-state index in [0.29, 0.717) is 16.1 Å². The average Bonchev–Trinajstić information content (AvgIpc) is 2.39. The quantitative estimate of drug-likeness (QED) is 0.894. The van der Waals surface area contributed by atoms with E-state index in [2.05, 4.69) is 31.0 Å². The zero-order valence-corrected chi connectivity index (χ0v) is 13.5. The molecule has 1 aliphatic heterocycles. The van der Waals surface area contributed by atoms with Crippen molar-refractivity contribution in [3.63, 3.8) is 0 Å². The Morgan fingerprint density at radius 2 is 1.85 bits per heavy atom. The molecule has 112 valence electrons. The van der Waals surface area contributed by atoms with E-state index in [1.807, 2.05) is 6.07 Å². The molecule has 0 saturated carbocycles. The van der Waals surface area contributed by atoms with Crippen molar-refractivity contribution >= 4 is 11.6 Å². The molecule has 0 amide bonds. The van der Waals surface area contributed by atoms with Gasteiger partial charge in [-0.1, -0.05) is 38.4 Å². The molecule has 0 spiro atoms. The van der Waals surface area contributed by atoms with E-state index in [1.165, 1.54) is 0 Å². The first-order chi connectivity index (χ1) is 9.32. The third-order valence-electron chi connectivity index (χ3n) is 3.93. The largest absolute Gasteiger partial charge is 0.314 e. The summed E-state index contributed by atoms with van der Waals surface area (Å²) in [6.45, 7) is 12.0. The number of aryl methyl sites for hydroxylation is 1. The molecule has 2 nitrogen and oxygen atoms in total. The number of nitrogens with zero attached hydrogens (tertiary/aromatic N) is 1. The molecule has 0 aromatic heterocycles. The summed E-state index contributed by atoms with van der Waals surface area (Å²) in [5, 5.41) is 3.88. The monoisotopic (exact) mass is 298 g/mol. The summed E-state index contributed by atoms with van der Waals surface area (Å²) in [7, 11) is 0. The van der Waals surface area contributed by atoms with Gasteiger partial charge < -0.3 is 5.32 Å². The van der Waals surface area contributed by atoms with Gasteiger partial charge in [-0.15, -0.1) is 0 Å². The van der Waals surface area contributed by atoms with E-state index in [9.17, 15) is 4.39 Å². The van der Waals surface area contributed by atoms with E-state index >= 15 is 0 Å². The Bertz CT molecular complexity index is 476. The van der Waals surface area contributed by atoms with Gasteiger partial charge in [0.15, 0.2) is 0 Å². The first-order valence-corrected chi connectivity index (χ1v) is 7.59. The fourth-order valence-corrected chi connectivity index (χ4v) is 3.28. The summed E-state index contributed by atoms with van der Waals surface area (Å²) in [6.07, 6.45) is 0. The number of nitrogens with one attached hydrogen (secondary N) is 1. The van der Waals surface area contributed by atoms with Crippen molar-refractivity contribution in [2.45, 2.75) is 33.7 Å². The minimum atomic E-state index is -0.157. The molecule has 1 aliphatic rings. The summed E-state index contributed by atoms with van der Waals surface area (Å²) < 4.78 is 14.7. The molecule has 20 heavy (non-hydrogen) atoms. The molecule has 0 bridgehead atoms. The van der Waals surface area contributed by atoms with Crippen LogP contribution in [0.3, 0.4) is 0 Å². The zero-order valence-electron chi connectivity index (χ0n) is 12.8. The van der Waals surface area contributed by atoms with Crippen molar-refractivity contribution in [3.8, 4) is 0 Å². The molecule has 1 heterocycles. The molecular formula is C16H24ClFN2. The molecule has 4 heteroatoms. The zero-order chi connectivity index (χ0) is 14.9. The van der Waals surface area contributed by atoms with E-state index in [0.717, 1.165) is 26.2 Å². The molecule has 0 aliphatic carbocycles. The van der Waals surface area contributed by atoms with Gasteiger partial charge in [-0.2, -0.15) is 0 Å². The summed E-state index contributed by atoms with van der Waals surface area (Å²) in [6, 6.07) is 3.56. The maximum Gasteiger partial charge on any atom is 0.132 e. The Kier molecular flexibility index (Phi) is 4.73. The fourth-order valence-electron chi connectivity index (χ4n) is 3.03. The van der Waals surface area contributed by atoms with Crippen LogP contribution in [0.15, 0.2) is 12.1 Å². The maximum absolute atomic E-state index is 14.7. The van der Waals surface area contributed by atoms with Crippen molar-refractivity contribution in [3.05, 3.63) is 34.1 Å². The van der Waals surface area contributed by atoms with Crippen LogP contribution in [-0.2, 0) is 0 Å². The number of halogens is 2. The van der Waals surface area contributed by atoms with Crippen LogP contribution in [0, 0.1) is 18.2 Å². The van der Waals surface area contributed by atoms with Gasteiger partial charge in [0.25, 0.3) is 0 Å². The van der Waals surface area contributed by atoms with E-state index in [1.54, 1.807) is 13.0 Å². The molecule has 1 aromatic carbocycles. The molecule has 1 atom stereocenters. The summed E-state index contributed by atoms with van der Waals surface area (Å²) in [5.74, 6) is -0.157. The van der Waals surface area contributed by atoms with Crippen LogP contribution in [0.2, 0.25) is 5.02 Å². The molecule has 0 unspecified atom stereocenters. The van der Waals surface area contributed by atoms with Gasteiger partial charge in [-0.25, -0.2) is 4.39 Å². The maximum atomic E-state index is 14.7. The molecule has 2 rings (SSSR count). The second-order valence-corrected chi connectivity index (χ2v) is 7.05. The Morgan fingerprint density at radius 3 is 2.40 bits per heavy atom. The van der Waals surface area contributed by atoms with Crippen LogP contribution in [0.5, 0.6) is 0 Å². The lowest BCUT2D eigenvalue weighted by Gasteiger charge is -2.43. The molecular weight excluding hydrogens is 275 g/mol. The second kappa shape index (κ2) is 6.00. The standard InChI is InChI=1S/C16H24ClFN2/c1-11-5-6-12(17)13(14(11)18)15(16(2,3)4)20-9-7-19-8-10-20/h5-6,15,19H,7-10H2,1-4H3/t15-/m1/s1. The van der Waals surface area contributed by atoms with E-state index in [-0.39, 0.29) is 17.3 Å². The SMILES string of the molecule is Cc1ccc(Cl)c([C@@H](N2CCNCC2)C(C)(C)C)c1F. The van der Waals surface area contributed by atoms with Gasteiger partial charge in [0, 0.05) is 42.8 Å². The summed E-state index contributed by atoms with van der Waals surface area (Å²) >= 11 is 6.34. The number of benzene rings is 1. The van der Waals surface area contributed by atoms with Gasteiger partial charge >= 0.3 is 0 Å². The lowest BCUT2D eigenvalue weighted by molar-refractivity contribution is 0.0834. The molecule has 1 saturated heterocycles. The minimum absolute atomic E-state index is 0.00278. The minimum Gasteiger partial charge on any atom is -0.314 e. The van der Waals surface area contributed by atoms with Crippen LogP contribution >= 0.6 is 11.6 Å². The number of piperazine rings is 1. The normalized spacial score (nSPS) is 19.1. The topological polar surface area (TPSA) is 15.3 Å². The Morgan fingerprint density at radius 1 is 1.25 bits per heavy atom. The molecule has 0 radical (unpaired) electrons. The Hall–Kier alpha value is -0.640. The van der Waals surface area contributed by atoms with Gasteiger partial charge in [0.2, 0.25) is 0 Å². The van der Waals surface area contributed by atoms with Crippen LogP contribution in [0.25, 0.3) is 0 Å². The van der Waals surface area contributed by atoms with Crippen LogP contribution in [-0.4, -0.2) is 31.1 Å².